The minimum Gasteiger partial charge on any atom is -0.488 e. The SMILES string of the molecule is Cc1ccc(OCc2c(F)cccc2Cl)c(C)c1. The molecule has 0 spiro atoms. The highest BCUT2D eigenvalue weighted by molar-refractivity contribution is 6.31. The summed E-state index contributed by atoms with van der Waals surface area (Å²) in [7, 11) is 0. The van der Waals surface area contributed by atoms with Gasteiger partial charge in [-0.3, -0.25) is 0 Å². The van der Waals surface area contributed by atoms with Crippen LogP contribution in [0.25, 0.3) is 0 Å². The second kappa shape index (κ2) is 5.40. The predicted octanol–water partition coefficient (Wildman–Crippen LogP) is 4.67. The number of ether oxygens (including phenoxy) is 1. The van der Waals surface area contributed by atoms with Gasteiger partial charge in [-0.25, -0.2) is 4.39 Å². The normalized spacial score (nSPS) is 10.4. The van der Waals surface area contributed by atoms with Crippen LogP contribution in [0, 0.1) is 19.7 Å². The first-order valence-corrected chi connectivity index (χ1v) is 6.08. The molecule has 0 bridgehead atoms. The largest absolute Gasteiger partial charge is 0.488 e. The Labute approximate surface area is 111 Å². The number of hydrogen-bond donors (Lipinski definition) is 0. The van der Waals surface area contributed by atoms with Gasteiger partial charge in [0.1, 0.15) is 18.2 Å². The summed E-state index contributed by atoms with van der Waals surface area (Å²) in [5.41, 5.74) is 2.59. The highest BCUT2D eigenvalue weighted by Gasteiger charge is 2.08. The average Bonchev–Trinajstić information content (AvgIpc) is 2.31. The van der Waals surface area contributed by atoms with E-state index in [1.165, 1.54) is 11.6 Å². The average molecular weight is 265 g/mol. The molecule has 0 aliphatic rings. The fourth-order valence-corrected chi connectivity index (χ4v) is 2.00. The number of rotatable bonds is 3. The van der Waals surface area contributed by atoms with Crippen LogP contribution in [0.1, 0.15) is 16.7 Å². The van der Waals surface area contributed by atoms with Crippen molar-refractivity contribution < 1.29 is 9.13 Å². The van der Waals surface area contributed by atoms with Gasteiger partial charge in [0.15, 0.2) is 0 Å². The van der Waals surface area contributed by atoms with Gasteiger partial charge in [0.25, 0.3) is 0 Å². The molecule has 0 amide bonds. The summed E-state index contributed by atoms with van der Waals surface area (Å²) in [6, 6.07) is 10.5. The van der Waals surface area contributed by atoms with Gasteiger partial charge in [0.05, 0.1) is 5.02 Å². The highest BCUT2D eigenvalue weighted by Crippen LogP contribution is 2.23. The molecule has 0 aromatic heterocycles. The van der Waals surface area contributed by atoms with E-state index in [1.807, 2.05) is 32.0 Å². The molecule has 0 N–H and O–H groups in total. The van der Waals surface area contributed by atoms with Crippen LogP contribution >= 0.6 is 11.6 Å². The molecule has 0 fully saturated rings. The Bertz CT molecular complexity index is 546. The van der Waals surface area contributed by atoms with Gasteiger partial charge in [0, 0.05) is 5.56 Å². The molecule has 3 heteroatoms. The van der Waals surface area contributed by atoms with E-state index in [2.05, 4.69) is 0 Å². The number of halogens is 2. The van der Waals surface area contributed by atoms with Crippen molar-refractivity contribution in [3.05, 3.63) is 63.9 Å². The van der Waals surface area contributed by atoms with Crippen LogP contribution in [-0.2, 0) is 6.61 Å². The molecule has 2 rings (SSSR count). The molecule has 2 aromatic carbocycles. The van der Waals surface area contributed by atoms with Crippen LogP contribution < -0.4 is 4.74 Å². The van der Waals surface area contributed by atoms with E-state index in [9.17, 15) is 4.39 Å². The fraction of sp³-hybridized carbons (Fsp3) is 0.200. The van der Waals surface area contributed by atoms with Crippen molar-refractivity contribution in [3.63, 3.8) is 0 Å². The Balaban J connectivity index is 2.16. The molecule has 18 heavy (non-hydrogen) atoms. The fourth-order valence-electron chi connectivity index (χ4n) is 1.78. The summed E-state index contributed by atoms with van der Waals surface area (Å²) in [6.45, 7) is 4.12. The zero-order valence-electron chi connectivity index (χ0n) is 10.3. The van der Waals surface area contributed by atoms with Crippen molar-refractivity contribution >= 4 is 11.6 Å². The van der Waals surface area contributed by atoms with E-state index in [-0.39, 0.29) is 12.4 Å². The molecule has 0 unspecified atom stereocenters. The van der Waals surface area contributed by atoms with Crippen LogP contribution in [0.3, 0.4) is 0 Å². The predicted molar refractivity (Wildman–Crippen MR) is 71.7 cm³/mol. The van der Waals surface area contributed by atoms with Crippen molar-refractivity contribution in [3.8, 4) is 5.75 Å². The first-order chi connectivity index (χ1) is 8.58. The molecular formula is C15H14ClFO. The number of benzene rings is 2. The summed E-state index contributed by atoms with van der Waals surface area (Å²) >= 11 is 5.94. The van der Waals surface area contributed by atoms with E-state index in [1.54, 1.807) is 12.1 Å². The van der Waals surface area contributed by atoms with E-state index in [0.29, 0.717) is 10.6 Å². The Morgan fingerprint density at radius 2 is 1.94 bits per heavy atom. The van der Waals surface area contributed by atoms with Crippen molar-refractivity contribution in [2.75, 3.05) is 0 Å². The summed E-state index contributed by atoms with van der Waals surface area (Å²) in [4.78, 5) is 0. The smallest absolute Gasteiger partial charge is 0.131 e. The van der Waals surface area contributed by atoms with Crippen molar-refractivity contribution in [2.24, 2.45) is 0 Å². The lowest BCUT2D eigenvalue weighted by atomic mass is 10.1. The van der Waals surface area contributed by atoms with Crippen LogP contribution in [-0.4, -0.2) is 0 Å². The lowest BCUT2D eigenvalue weighted by Gasteiger charge is -2.11. The monoisotopic (exact) mass is 264 g/mol. The number of aryl methyl sites for hydroxylation is 2. The Morgan fingerprint density at radius 1 is 1.17 bits per heavy atom. The summed E-state index contributed by atoms with van der Waals surface area (Å²) < 4.78 is 19.2. The molecule has 94 valence electrons. The van der Waals surface area contributed by atoms with Gasteiger partial charge in [0.2, 0.25) is 0 Å². The molecule has 0 heterocycles. The summed E-state index contributed by atoms with van der Waals surface area (Å²) in [6.07, 6.45) is 0. The second-order valence-electron chi connectivity index (χ2n) is 4.26. The van der Waals surface area contributed by atoms with E-state index < -0.39 is 0 Å². The van der Waals surface area contributed by atoms with Crippen LogP contribution in [0.2, 0.25) is 5.02 Å². The van der Waals surface area contributed by atoms with Gasteiger partial charge >= 0.3 is 0 Å². The van der Waals surface area contributed by atoms with E-state index in [4.69, 9.17) is 16.3 Å². The third-order valence-electron chi connectivity index (χ3n) is 2.76. The van der Waals surface area contributed by atoms with E-state index >= 15 is 0 Å². The van der Waals surface area contributed by atoms with Crippen molar-refractivity contribution in [2.45, 2.75) is 20.5 Å². The second-order valence-corrected chi connectivity index (χ2v) is 4.67. The summed E-state index contributed by atoms with van der Waals surface area (Å²) in [5, 5.41) is 0.389. The van der Waals surface area contributed by atoms with Gasteiger partial charge in [-0.2, -0.15) is 0 Å². The minimum atomic E-state index is -0.340. The molecule has 0 saturated heterocycles. The molecule has 2 aromatic rings. The standard InChI is InChI=1S/C15H14ClFO/c1-10-6-7-15(11(2)8-10)18-9-12-13(16)4-3-5-14(12)17/h3-8H,9H2,1-2H3. The molecule has 0 aliphatic carbocycles. The zero-order valence-corrected chi connectivity index (χ0v) is 11.1. The third-order valence-corrected chi connectivity index (χ3v) is 3.12. The number of hydrogen-bond acceptors (Lipinski definition) is 1. The van der Waals surface area contributed by atoms with Gasteiger partial charge in [-0.1, -0.05) is 35.4 Å². The maximum atomic E-state index is 13.6. The molecule has 0 atom stereocenters. The quantitative estimate of drug-likeness (QED) is 0.782. The molecule has 0 aliphatic heterocycles. The minimum absolute atomic E-state index is 0.134. The first-order valence-electron chi connectivity index (χ1n) is 5.71. The zero-order chi connectivity index (χ0) is 13.1. The maximum Gasteiger partial charge on any atom is 0.131 e. The third kappa shape index (κ3) is 2.82. The van der Waals surface area contributed by atoms with Crippen LogP contribution in [0.4, 0.5) is 4.39 Å². The molecule has 0 saturated carbocycles. The Morgan fingerprint density at radius 3 is 2.61 bits per heavy atom. The lowest BCUT2D eigenvalue weighted by Crippen LogP contribution is -2.00. The summed E-state index contributed by atoms with van der Waals surface area (Å²) in [5.74, 6) is 0.409. The highest BCUT2D eigenvalue weighted by atomic mass is 35.5. The van der Waals surface area contributed by atoms with E-state index in [0.717, 1.165) is 11.3 Å². The molecule has 1 nitrogen and oxygen atoms in total. The van der Waals surface area contributed by atoms with Crippen LogP contribution in [0.15, 0.2) is 36.4 Å². The maximum absolute atomic E-state index is 13.6. The Kier molecular flexibility index (Phi) is 3.87. The van der Waals surface area contributed by atoms with Crippen molar-refractivity contribution in [1.82, 2.24) is 0 Å². The lowest BCUT2D eigenvalue weighted by molar-refractivity contribution is 0.298. The molecular weight excluding hydrogens is 251 g/mol. The van der Waals surface area contributed by atoms with Crippen molar-refractivity contribution in [1.29, 1.82) is 0 Å². The Hall–Kier alpha value is -1.54. The van der Waals surface area contributed by atoms with Crippen LogP contribution in [0.5, 0.6) is 5.75 Å². The van der Waals surface area contributed by atoms with Gasteiger partial charge in [-0.05, 0) is 37.6 Å². The topological polar surface area (TPSA) is 9.23 Å². The first kappa shape index (κ1) is 12.9. The van der Waals surface area contributed by atoms with Gasteiger partial charge in [-0.15, -0.1) is 0 Å². The van der Waals surface area contributed by atoms with Gasteiger partial charge < -0.3 is 4.74 Å². The molecule has 0 radical (unpaired) electrons.